The number of aromatic nitrogens is 2. The van der Waals surface area contributed by atoms with E-state index in [-0.39, 0.29) is 22.8 Å². The quantitative estimate of drug-likeness (QED) is 0.592. The second-order valence-corrected chi connectivity index (χ2v) is 6.54. The Balaban J connectivity index is 1.80. The lowest BCUT2D eigenvalue weighted by molar-refractivity contribution is -0.384. The average molecular weight is 345 g/mol. The first-order valence-electron chi connectivity index (χ1n) is 8.40. The summed E-state index contributed by atoms with van der Waals surface area (Å²) >= 11 is 0. The van der Waals surface area contributed by atoms with E-state index in [1.54, 1.807) is 23.9 Å². The minimum absolute atomic E-state index is 0.0561. The Labute approximate surface area is 146 Å². The molecule has 0 saturated heterocycles. The molecule has 2 aromatic rings. The zero-order valence-corrected chi connectivity index (χ0v) is 14.8. The first-order valence-corrected chi connectivity index (χ1v) is 8.40. The highest BCUT2D eigenvalue weighted by Gasteiger charge is 2.25. The van der Waals surface area contributed by atoms with Gasteiger partial charge in [-0.3, -0.25) is 14.8 Å². The van der Waals surface area contributed by atoms with Gasteiger partial charge in [0.05, 0.1) is 29.4 Å². The van der Waals surface area contributed by atoms with Crippen LogP contribution >= 0.6 is 0 Å². The zero-order valence-electron chi connectivity index (χ0n) is 14.8. The Morgan fingerprint density at radius 3 is 2.64 bits per heavy atom. The first kappa shape index (κ1) is 17.6. The molecular formula is C18H23N3O4. The van der Waals surface area contributed by atoms with E-state index < -0.39 is 0 Å². The third-order valence-electron chi connectivity index (χ3n) is 4.75. The van der Waals surface area contributed by atoms with Crippen LogP contribution in [0.3, 0.4) is 0 Å². The Morgan fingerprint density at radius 2 is 2.04 bits per heavy atom. The van der Waals surface area contributed by atoms with Gasteiger partial charge in [-0.05, 0) is 43.9 Å². The number of aryl methyl sites for hydroxylation is 2. The lowest BCUT2D eigenvalue weighted by Gasteiger charge is -2.12. The maximum atomic E-state index is 11.3. The fourth-order valence-electron chi connectivity index (χ4n) is 3.19. The number of benzene rings is 1. The van der Waals surface area contributed by atoms with E-state index in [4.69, 9.17) is 9.47 Å². The second-order valence-electron chi connectivity index (χ2n) is 6.54. The largest absolute Gasteiger partial charge is 0.381 e. The standard InChI is InChI=1S/C18H23N3O4/c1-12-6-18(19-20(12)2)14-7-13(8-15(9-14)21(22)23)11-25-17-5-4-16(10-17)24-3/h6-9,16-17H,4-5,10-11H2,1-3H3. The van der Waals surface area contributed by atoms with Gasteiger partial charge >= 0.3 is 0 Å². The molecular weight excluding hydrogens is 322 g/mol. The molecule has 2 atom stereocenters. The molecule has 0 N–H and O–H groups in total. The highest BCUT2D eigenvalue weighted by molar-refractivity contribution is 5.64. The third-order valence-corrected chi connectivity index (χ3v) is 4.75. The Bertz CT molecular complexity index is 752. The van der Waals surface area contributed by atoms with Crippen molar-refractivity contribution in [2.45, 2.75) is 45.0 Å². The summed E-state index contributed by atoms with van der Waals surface area (Å²) < 4.78 is 13.1. The molecule has 3 rings (SSSR count). The molecule has 1 aromatic carbocycles. The van der Waals surface area contributed by atoms with Crippen LogP contribution in [0.25, 0.3) is 11.3 Å². The van der Waals surface area contributed by atoms with E-state index in [9.17, 15) is 10.1 Å². The van der Waals surface area contributed by atoms with Crippen molar-refractivity contribution >= 4 is 5.69 Å². The molecule has 1 saturated carbocycles. The second kappa shape index (κ2) is 7.33. The van der Waals surface area contributed by atoms with Crippen molar-refractivity contribution in [1.29, 1.82) is 0 Å². The van der Waals surface area contributed by atoms with Gasteiger partial charge in [-0.1, -0.05) is 0 Å². The SMILES string of the molecule is COC1CCC(OCc2cc(-c3cc(C)n(C)n3)cc([N+](=O)[O-])c2)C1. The van der Waals surface area contributed by atoms with E-state index in [2.05, 4.69) is 5.10 Å². The Morgan fingerprint density at radius 1 is 1.28 bits per heavy atom. The number of rotatable bonds is 6. The topological polar surface area (TPSA) is 79.4 Å². The van der Waals surface area contributed by atoms with Gasteiger partial charge < -0.3 is 9.47 Å². The van der Waals surface area contributed by atoms with Crippen LogP contribution in [0.4, 0.5) is 5.69 Å². The minimum Gasteiger partial charge on any atom is -0.381 e. The molecule has 2 unspecified atom stereocenters. The van der Waals surface area contributed by atoms with Crippen molar-refractivity contribution in [3.05, 3.63) is 45.6 Å². The lowest BCUT2D eigenvalue weighted by Crippen LogP contribution is -2.11. The summed E-state index contributed by atoms with van der Waals surface area (Å²) in [6.45, 7) is 2.30. The summed E-state index contributed by atoms with van der Waals surface area (Å²) in [6, 6.07) is 6.96. The monoisotopic (exact) mass is 345 g/mol. The number of hydrogen-bond acceptors (Lipinski definition) is 5. The summed E-state index contributed by atoms with van der Waals surface area (Å²) in [5.41, 5.74) is 3.30. The number of non-ortho nitro benzene ring substituents is 1. The molecule has 1 fully saturated rings. The van der Waals surface area contributed by atoms with Gasteiger partial charge in [0.2, 0.25) is 0 Å². The predicted octanol–water partition coefficient (Wildman–Crippen LogP) is 3.39. The highest BCUT2D eigenvalue weighted by atomic mass is 16.6. The van der Waals surface area contributed by atoms with Crippen LogP contribution in [0.1, 0.15) is 30.5 Å². The van der Waals surface area contributed by atoms with Gasteiger partial charge in [-0.15, -0.1) is 0 Å². The Hall–Kier alpha value is -2.25. The van der Waals surface area contributed by atoms with E-state index in [1.165, 1.54) is 0 Å². The van der Waals surface area contributed by atoms with Crippen LogP contribution < -0.4 is 0 Å². The predicted molar refractivity (Wildman–Crippen MR) is 93.3 cm³/mol. The summed E-state index contributed by atoms with van der Waals surface area (Å²) in [5.74, 6) is 0. The lowest BCUT2D eigenvalue weighted by atomic mass is 10.1. The van der Waals surface area contributed by atoms with Crippen LogP contribution in [0.5, 0.6) is 0 Å². The van der Waals surface area contributed by atoms with Crippen LogP contribution in [-0.4, -0.2) is 34.0 Å². The van der Waals surface area contributed by atoms with Crippen LogP contribution in [-0.2, 0) is 23.1 Å². The molecule has 25 heavy (non-hydrogen) atoms. The summed E-state index contributed by atoms with van der Waals surface area (Å²) in [5, 5.41) is 15.7. The normalized spacial score (nSPS) is 20.1. The van der Waals surface area contributed by atoms with Crippen LogP contribution in [0, 0.1) is 17.0 Å². The number of nitrogens with zero attached hydrogens (tertiary/aromatic N) is 3. The van der Waals surface area contributed by atoms with E-state index in [1.807, 2.05) is 26.1 Å². The van der Waals surface area contributed by atoms with Gasteiger partial charge in [-0.2, -0.15) is 5.10 Å². The van der Waals surface area contributed by atoms with Crippen molar-refractivity contribution in [3.8, 4) is 11.3 Å². The molecule has 1 aliphatic rings. The van der Waals surface area contributed by atoms with Gasteiger partial charge in [0.15, 0.2) is 0 Å². The summed E-state index contributed by atoms with van der Waals surface area (Å²) in [6.07, 6.45) is 3.22. The number of nitro groups is 1. The molecule has 134 valence electrons. The maximum Gasteiger partial charge on any atom is 0.270 e. The first-order chi connectivity index (χ1) is 12.0. The highest BCUT2D eigenvalue weighted by Crippen LogP contribution is 2.28. The van der Waals surface area contributed by atoms with Gasteiger partial charge in [0, 0.05) is 37.5 Å². The smallest absolute Gasteiger partial charge is 0.270 e. The number of hydrogen-bond donors (Lipinski definition) is 0. The molecule has 1 aliphatic carbocycles. The third kappa shape index (κ3) is 4.05. The van der Waals surface area contributed by atoms with E-state index >= 15 is 0 Å². The van der Waals surface area contributed by atoms with Crippen molar-refractivity contribution in [3.63, 3.8) is 0 Å². The van der Waals surface area contributed by atoms with E-state index in [0.29, 0.717) is 6.61 Å². The zero-order chi connectivity index (χ0) is 18.0. The molecule has 0 aliphatic heterocycles. The average Bonchev–Trinajstić information content (AvgIpc) is 3.19. The van der Waals surface area contributed by atoms with Gasteiger partial charge in [-0.25, -0.2) is 0 Å². The molecule has 0 radical (unpaired) electrons. The summed E-state index contributed by atoms with van der Waals surface area (Å²) in [4.78, 5) is 10.9. The van der Waals surface area contributed by atoms with Gasteiger partial charge in [0.25, 0.3) is 5.69 Å². The number of nitro benzene ring substituents is 1. The number of ether oxygens (including phenoxy) is 2. The molecule has 7 nitrogen and oxygen atoms in total. The Kier molecular flexibility index (Phi) is 5.15. The molecule has 0 amide bonds. The van der Waals surface area contributed by atoms with E-state index in [0.717, 1.165) is 41.8 Å². The van der Waals surface area contributed by atoms with Crippen molar-refractivity contribution in [1.82, 2.24) is 9.78 Å². The summed E-state index contributed by atoms with van der Waals surface area (Å²) in [7, 11) is 3.57. The van der Waals surface area contributed by atoms with Gasteiger partial charge in [0.1, 0.15) is 0 Å². The van der Waals surface area contributed by atoms with Crippen molar-refractivity contribution < 1.29 is 14.4 Å². The fourth-order valence-corrected chi connectivity index (χ4v) is 3.19. The number of methoxy groups -OCH3 is 1. The maximum absolute atomic E-state index is 11.3. The molecule has 7 heteroatoms. The van der Waals surface area contributed by atoms with Crippen LogP contribution in [0.2, 0.25) is 0 Å². The minimum atomic E-state index is -0.376. The molecule has 1 heterocycles. The molecule has 1 aromatic heterocycles. The van der Waals surface area contributed by atoms with Crippen LogP contribution in [0.15, 0.2) is 24.3 Å². The van der Waals surface area contributed by atoms with Crippen molar-refractivity contribution in [2.24, 2.45) is 7.05 Å². The molecule has 0 spiro atoms. The van der Waals surface area contributed by atoms with Crippen molar-refractivity contribution in [2.75, 3.05) is 7.11 Å². The fraction of sp³-hybridized carbons (Fsp3) is 0.500. The molecule has 0 bridgehead atoms.